The topological polar surface area (TPSA) is 73.9 Å². The highest BCUT2D eigenvalue weighted by Gasteiger charge is 2.33. The number of halogens is 4. The Labute approximate surface area is 198 Å². The number of amides is 1. The number of carbonyl (C=O) groups is 2. The fraction of sp³-hybridized carbons (Fsp3) is 0.167. The number of hydrogen-bond acceptors (Lipinski definition) is 5. The van der Waals surface area contributed by atoms with Crippen LogP contribution in [-0.4, -0.2) is 25.6 Å². The van der Waals surface area contributed by atoms with Crippen LogP contribution in [0.2, 0.25) is 5.02 Å². The average Bonchev–Trinajstić information content (AvgIpc) is 2.81. The van der Waals surface area contributed by atoms with Crippen LogP contribution >= 0.6 is 11.6 Å². The second kappa shape index (κ2) is 10.9. The molecule has 6 nitrogen and oxygen atoms in total. The molecule has 1 amide bonds. The van der Waals surface area contributed by atoms with Crippen LogP contribution < -0.4 is 14.8 Å². The van der Waals surface area contributed by atoms with Gasteiger partial charge >= 0.3 is 12.1 Å². The minimum absolute atomic E-state index is 0.0606. The van der Waals surface area contributed by atoms with Gasteiger partial charge in [-0.25, -0.2) is 4.79 Å². The summed E-state index contributed by atoms with van der Waals surface area (Å²) in [5, 5.41) is 2.64. The van der Waals surface area contributed by atoms with Gasteiger partial charge in [0.15, 0.2) is 18.1 Å². The van der Waals surface area contributed by atoms with Crippen molar-refractivity contribution in [3.63, 3.8) is 0 Å². The third-order valence-corrected chi connectivity index (χ3v) is 4.95. The molecule has 0 spiro atoms. The van der Waals surface area contributed by atoms with Crippen molar-refractivity contribution in [3.8, 4) is 11.5 Å². The van der Waals surface area contributed by atoms with Gasteiger partial charge in [0, 0.05) is 10.6 Å². The molecule has 3 aromatic carbocycles. The number of carbonyl (C=O) groups excluding carboxylic acids is 2. The summed E-state index contributed by atoms with van der Waals surface area (Å²) in [5.74, 6) is -1.20. The summed E-state index contributed by atoms with van der Waals surface area (Å²) in [7, 11) is 1.39. The van der Waals surface area contributed by atoms with Crippen molar-refractivity contribution in [1.29, 1.82) is 0 Å². The molecular formula is C24H19ClF3NO5. The number of alkyl halides is 3. The lowest BCUT2D eigenvalue weighted by molar-refractivity contribution is -0.137. The van der Waals surface area contributed by atoms with Crippen molar-refractivity contribution in [2.45, 2.75) is 12.8 Å². The summed E-state index contributed by atoms with van der Waals surface area (Å²) in [5.41, 5.74) is -0.622. The largest absolute Gasteiger partial charge is 0.493 e. The standard InChI is InChI=1S/C24H19ClF3NO5/c1-32-21-12-15(10-11-20(21)33-13-16-6-2-4-8-18(16)25)23(31)34-14-22(30)29-19-9-5-3-7-17(19)24(26,27)28/h2-12H,13-14H2,1H3,(H,29,30). The van der Waals surface area contributed by atoms with Crippen molar-refractivity contribution < 1.29 is 37.0 Å². The van der Waals surface area contributed by atoms with Crippen LogP contribution in [0.3, 0.4) is 0 Å². The number of methoxy groups -OCH3 is 1. The molecule has 0 fully saturated rings. The van der Waals surface area contributed by atoms with E-state index < -0.39 is 35.9 Å². The quantitative estimate of drug-likeness (QED) is 0.405. The Hall–Kier alpha value is -3.72. The Morgan fingerprint density at radius 3 is 2.38 bits per heavy atom. The van der Waals surface area contributed by atoms with Gasteiger partial charge in [-0.2, -0.15) is 13.2 Å². The molecule has 0 aliphatic heterocycles. The molecule has 0 heterocycles. The smallest absolute Gasteiger partial charge is 0.418 e. The number of ether oxygens (including phenoxy) is 3. The van der Waals surface area contributed by atoms with Gasteiger partial charge in [0.1, 0.15) is 6.61 Å². The molecule has 0 radical (unpaired) electrons. The van der Waals surface area contributed by atoms with Gasteiger partial charge in [0.2, 0.25) is 0 Å². The van der Waals surface area contributed by atoms with E-state index in [4.69, 9.17) is 25.8 Å². The van der Waals surface area contributed by atoms with Crippen molar-refractivity contribution in [3.05, 3.63) is 88.4 Å². The monoisotopic (exact) mass is 493 g/mol. The fourth-order valence-corrected chi connectivity index (χ4v) is 3.12. The van der Waals surface area contributed by atoms with Crippen LogP contribution in [0.5, 0.6) is 11.5 Å². The number of rotatable bonds is 8. The predicted octanol–water partition coefficient (Wildman–Crippen LogP) is 5.74. The molecule has 0 aliphatic carbocycles. The molecular weight excluding hydrogens is 475 g/mol. The number of esters is 1. The second-order valence-electron chi connectivity index (χ2n) is 6.91. The average molecular weight is 494 g/mol. The van der Waals surface area contributed by atoms with Crippen molar-refractivity contribution in [1.82, 2.24) is 0 Å². The summed E-state index contributed by atoms with van der Waals surface area (Å²) in [6, 6.07) is 15.9. The Kier molecular flexibility index (Phi) is 8.01. The third-order valence-electron chi connectivity index (χ3n) is 4.58. The van der Waals surface area contributed by atoms with E-state index in [0.29, 0.717) is 10.8 Å². The Balaban J connectivity index is 1.61. The summed E-state index contributed by atoms with van der Waals surface area (Å²) in [6.45, 7) is -0.614. The zero-order chi connectivity index (χ0) is 24.7. The van der Waals surface area contributed by atoms with Gasteiger partial charge in [0.05, 0.1) is 23.9 Å². The molecule has 0 aliphatic rings. The minimum atomic E-state index is -4.65. The highest BCUT2D eigenvalue weighted by molar-refractivity contribution is 6.31. The first-order chi connectivity index (χ1) is 16.2. The molecule has 0 unspecified atom stereocenters. The normalized spacial score (nSPS) is 11.0. The van der Waals surface area contributed by atoms with Crippen molar-refractivity contribution >= 4 is 29.2 Å². The molecule has 10 heteroatoms. The Bertz CT molecular complexity index is 1180. The van der Waals surface area contributed by atoms with Crippen molar-refractivity contribution in [2.75, 3.05) is 19.0 Å². The predicted molar refractivity (Wildman–Crippen MR) is 119 cm³/mol. The zero-order valence-corrected chi connectivity index (χ0v) is 18.6. The SMILES string of the molecule is COc1cc(C(=O)OCC(=O)Nc2ccccc2C(F)(F)F)ccc1OCc1ccccc1Cl. The Morgan fingerprint density at radius 2 is 1.68 bits per heavy atom. The summed E-state index contributed by atoms with van der Waals surface area (Å²) >= 11 is 6.11. The first-order valence-corrected chi connectivity index (χ1v) is 10.2. The number of benzene rings is 3. The fourth-order valence-electron chi connectivity index (χ4n) is 2.92. The summed E-state index contributed by atoms with van der Waals surface area (Å²) in [4.78, 5) is 24.4. The first kappa shape index (κ1) is 24.9. The maximum Gasteiger partial charge on any atom is 0.418 e. The van der Waals surface area contributed by atoms with E-state index in [1.165, 1.54) is 37.4 Å². The highest BCUT2D eigenvalue weighted by atomic mass is 35.5. The molecule has 3 rings (SSSR count). The van der Waals surface area contributed by atoms with Crippen molar-refractivity contribution in [2.24, 2.45) is 0 Å². The summed E-state index contributed by atoms with van der Waals surface area (Å²) in [6.07, 6.45) is -4.65. The van der Waals surface area contributed by atoms with Crippen LogP contribution in [0.4, 0.5) is 18.9 Å². The lowest BCUT2D eigenvalue weighted by Crippen LogP contribution is -2.22. The molecule has 0 aromatic heterocycles. The van der Waals surface area contributed by atoms with Gasteiger partial charge in [-0.1, -0.05) is 41.9 Å². The lowest BCUT2D eigenvalue weighted by atomic mass is 10.1. The van der Waals surface area contributed by atoms with Gasteiger partial charge in [-0.05, 0) is 36.4 Å². The number of hydrogen-bond donors (Lipinski definition) is 1. The van der Waals surface area contributed by atoms with Crippen LogP contribution in [0.1, 0.15) is 21.5 Å². The molecule has 178 valence electrons. The van der Waals surface area contributed by atoms with E-state index in [-0.39, 0.29) is 17.9 Å². The van der Waals surface area contributed by atoms with Gasteiger partial charge in [-0.15, -0.1) is 0 Å². The van der Waals surface area contributed by atoms with E-state index in [1.807, 2.05) is 6.07 Å². The van der Waals surface area contributed by atoms with E-state index in [0.717, 1.165) is 17.7 Å². The third kappa shape index (κ3) is 6.41. The van der Waals surface area contributed by atoms with Gasteiger partial charge in [-0.3, -0.25) is 4.79 Å². The van der Waals surface area contributed by atoms with Gasteiger partial charge in [0.25, 0.3) is 5.91 Å². The maximum absolute atomic E-state index is 13.0. The molecule has 0 atom stereocenters. The molecule has 0 saturated carbocycles. The van der Waals surface area contributed by atoms with E-state index in [9.17, 15) is 22.8 Å². The van der Waals surface area contributed by atoms with Gasteiger partial charge < -0.3 is 19.5 Å². The number of para-hydroxylation sites is 1. The molecule has 34 heavy (non-hydrogen) atoms. The second-order valence-corrected chi connectivity index (χ2v) is 7.32. The zero-order valence-electron chi connectivity index (χ0n) is 17.8. The highest BCUT2D eigenvalue weighted by Crippen LogP contribution is 2.34. The minimum Gasteiger partial charge on any atom is -0.493 e. The van der Waals surface area contributed by atoms with Crippen LogP contribution in [0, 0.1) is 0 Å². The maximum atomic E-state index is 13.0. The van der Waals surface area contributed by atoms with E-state index in [1.54, 1.807) is 18.2 Å². The molecule has 3 aromatic rings. The lowest BCUT2D eigenvalue weighted by Gasteiger charge is -2.14. The number of anilines is 1. The van der Waals surface area contributed by atoms with Crippen LogP contribution in [0.25, 0.3) is 0 Å². The first-order valence-electron chi connectivity index (χ1n) is 9.86. The molecule has 0 saturated heterocycles. The number of nitrogens with one attached hydrogen (secondary N) is 1. The summed E-state index contributed by atoms with van der Waals surface area (Å²) < 4.78 is 55.0. The van der Waals surface area contributed by atoms with Crippen LogP contribution in [-0.2, 0) is 22.3 Å². The Morgan fingerprint density at radius 1 is 0.971 bits per heavy atom. The van der Waals surface area contributed by atoms with E-state index >= 15 is 0 Å². The van der Waals surface area contributed by atoms with Crippen LogP contribution in [0.15, 0.2) is 66.7 Å². The molecule has 1 N–H and O–H groups in total. The molecule has 0 bridgehead atoms. The van der Waals surface area contributed by atoms with E-state index in [2.05, 4.69) is 5.32 Å².